The molecular formula is C8H9ClO5PS+. The summed E-state index contributed by atoms with van der Waals surface area (Å²) in [6, 6.07) is 4.56. The van der Waals surface area contributed by atoms with Crippen LogP contribution in [0.2, 0.25) is 5.02 Å². The second kappa shape index (κ2) is 5.21. The van der Waals surface area contributed by atoms with Crippen molar-refractivity contribution in [2.45, 2.75) is 11.8 Å². The van der Waals surface area contributed by atoms with Gasteiger partial charge < -0.3 is 0 Å². The molecule has 8 heteroatoms. The highest BCUT2D eigenvalue weighted by atomic mass is 35.5. The Hall–Kier alpha value is -0.520. The van der Waals surface area contributed by atoms with Crippen molar-refractivity contribution in [3.63, 3.8) is 0 Å². The van der Waals surface area contributed by atoms with Crippen LogP contribution in [0.15, 0.2) is 23.1 Å². The van der Waals surface area contributed by atoms with Gasteiger partial charge in [-0.05, 0) is 23.1 Å². The number of rotatable bonds is 4. The van der Waals surface area contributed by atoms with Crippen LogP contribution in [0.5, 0.6) is 0 Å². The fourth-order valence-corrected chi connectivity index (χ4v) is 3.41. The van der Waals surface area contributed by atoms with Crippen molar-refractivity contribution < 1.29 is 22.1 Å². The molecule has 1 N–H and O–H groups in total. The van der Waals surface area contributed by atoms with Crippen LogP contribution >= 0.6 is 19.6 Å². The minimum atomic E-state index is -4.09. The molecule has 0 radical (unpaired) electrons. The summed E-state index contributed by atoms with van der Waals surface area (Å²) in [7, 11) is -6.76. The van der Waals surface area contributed by atoms with E-state index in [0.717, 1.165) is 0 Å². The molecule has 0 amide bonds. The SMILES string of the molecule is Cc1cccc(Cl)c1S(=O)(=O)OC[P+](=O)O. The zero-order chi connectivity index (χ0) is 12.3. The molecule has 0 aliphatic rings. The molecule has 1 atom stereocenters. The van der Waals surface area contributed by atoms with Crippen LogP contribution in [0.4, 0.5) is 0 Å². The molecule has 1 rings (SSSR count). The molecule has 0 saturated carbocycles. The quantitative estimate of drug-likeness (QED) is 0.675. The maximum atomic E-state index is 11.6. The summed E-state index contributed by atoms with van der Waals surface area (Å²) in [5.74, 6) is 0. The fourth-order valence-electron chi connectivity index (χ4n) is 1.11. The Kier molecular flexibility index (Phi) is 4.41. The number of hydrogen-bond donors (Lipinski definition) is 1. The largest absolute Gasteiger partial charge is 0.535 e. The van der Waals surface area contributed by atoms with E-state index >= 15 is 0 Å². The zero-order valence-corrected chi connectivity index (χ0v) is 10.7. The summed E-state index contributed by atoms with van der Waals surface area (Å²) in [6.45, 7) is 1.56. The van der Waals surface area contributed by atoms with E-state index < -0.39 is 24.5 Å². The van der Waals surface area contributed by atoms with Gasteiger partial charge in [0.1, 0.15) is 4.90 Å². The average molecular weight is 284 g/mol. The molecule has 0 aliphatic heterocycles. The third-order valence-electron chi connectivity index (χ3n) is 1.73. The third kappa shape index (κ3) is 3.23. The molecule has 1 aromatic rings. The maximum absolute atomic E-state index is 11.6. The molecule has 88 valence electrons. The lowest BCUT2D eigenvalue weighted by Crippen LogP contribution is -2.08. The van der Waals surface area contributed by atoms with Crippen molar-refractivity contribution in [3.8, 4) is 0 Å². The Morgan fingerprint density at radius 3 is 2.62 bits per heavy atom. The average Bonchev–Trinajstić information content (AvgIpc) is 2.14. The standard InChI is InChI=1S/C8H8ClO5PS/c1-6-3-2-4-7(9)8(6)16(12,13)14-5-15(10)11/h2-4H,5H2,1H3/p+1. The topological polar surface area (TPSA) is 80.7 Å². The highest BCUT2D eigenvalue weighted by Gasteiger charge is 2.25. The summed E-state index contributed by atoms with van der Waals surface area (Å²) in [5.41, 5.74) is 0.417. The number of benzene rings is 1. The van der Waals surface area contributed by atoms with Crippen LogP contribution < -0.4 is 0 Å². The van der Waals surface area contributed by atoms with Gasteiger partial charge in [-0.3, -0.25) is 0 Å². The van der Waals surface area contributed by atoms with Gasteiger partial charge in [0.2, 0.25) is 0 Å². The van der Waals surface area contributed by atoms with Gasteiger partial charge >= 0.3 is 18.1 Å². The first-order chi connectivity index (χ1) is 7.34. The van der Waals surface area contributed by atoms with E-state index in [-0.39, 0.29) is 9.92 Å². The van der Waals surface area contributed by atoms with Gasteiger partial charge in [-0.2, -0.15) is 13.3 Å². The molecule has 0 heterocycles. The molecule has 0 aliphatic carbocycles. The lowest BCUT2D eigenvalue weighted by molar-refractivity contribution is 0.355. The summed E-state index contributed by atoms with van der Waals surface area (Å²) in [4.78, 5) is 8.32. The Morgan fingerprint density at radius 1 is 1.50 bits per heavy atom. The molecule has 0 saturated heterocycles. The predicted octanol–water partition coefficient (Wildman–Crippen LogP) is 2.05. The van der Waals surface area contributed by atoms with Crippen molar-refractivity contribution in [1.82, 2.24) is 0 Å². The summed E-state index contributed by atoms with van der Waals surface area (Å²) in [5, 5.41) is 0.0215. The van der Waals surface area contributed by atoms with E-state index in [9.17, 15) is 13.0 Å². The van der Waals surface area contributed by atoms with Gasteiger partial charge in [0, 0.05) is 0 Å². The monoisotopic (exact) mass is 283 g/mol. The van der Waals surface area contributed by atoms with E-state index in [0.29, 0.717) is 5.56 Å². The summed E-state index contributed by atoms with van der Waals surface area (Å²) >= 11 is 5.73. The van der Waals surface area contributed by atoms with Crippen molar-refractivity contribution in [2.24, 2.45) is 0 Å². The van der Waals surface area contributed by atoms with Gasteiger partial charge in [-0.25, -0.2) is 4.18 Å². The van der Waals surface area contributed by atoms with Crippen LogP contribution in [0.25, 0.3) is 0 Å². The molecular weight excluding hydrogens is 275 g/mol. The van der Waals surface area contributed by atoms with E-state index in [1.54, 1.807) is 19.1 Å². The van der Waals surface area contributed by atoms with Crippen LogP contribution in [0.1, 0.15) is 5.56 Å². The van der Waals surface area contributed by atoms with E-state index in [2.05, 4.69) is 4.18 Å². The van der Waals surface area contributed by atoms with Gasteiger partial charge in [0.05, 0.1) is 5.02 Å². The van der Waals surface area contributed by atoms with Gasteiger partial charge in [0.15, 0.2) is 0 Å². The van der Waals surface area contributed by atoms with Crippen LogP contribution in [0.3, 0.4) is 0 Å². The lowest BCUT2D eigenvalue weighted by atomic mass is 10.2. The van der Waals surface area contributed by atoms with Gasteiger partial charge in [-0.1, -0.05) is 23.7 Å². The minimum absolute atomic E-state index is 0.0215. The highest BCUT2D eigenvalue weighted by Crippen LogP contribution is 2.27. The smallest absolute Gasteiger partial charge is 0.213 e. The minimum Gasteiger partial charge on any atom is -0.213 e. The van der Waals surface area contributed by atoms with Crippen molar-refractivity contribution >= 4 is 29.7 Å². The van der Waals surface area contributed by atoms with Crippen LogP contribution in [-0.4, -0.2) is 19.7 Å². The lowest BCUT2D eigenvalue weighted by Gasteiger charge is -2.06. The van der Waals surface area contributed by atoms with Crippen LogP contribution in [0, 0.1) is 6.92 Å². The normalized spacial score (nSPS) is 12.6. The second-order valence-electron chi connectivity index (χ2n) is 2.94. The Morgan fingerprint density at radius 2 is 2.12 bits per heavy atom. The molecule has 0 fully saturated rings. The van der Waals surface area contributed by atoms with Crippen LogP contribution in [-0.2, 0) is 18.9 Å². The first-order valence-corrected chi connectivity index (χ1v) is 7.31. The van der Waals surface area contributed by atoms with Gasteiger partial charge in [0.25, 0.3) is 6.35 Å². The fraction of sp³-hybridized carbons (Fsp3) is 0.250. The van der Waals surface area contributed by atoms with E-state index in [4.69, 9.17) is 16.5 Å². The van der Waals surface area contributed by atoms with Gasteiger partial charge in [-0.15, -0.1) is 0 Å². The Bertz CT molecular complexity index is 493. The molecule has 1 unspecified atom stereocenters. The number of halogens is 1. The van der Waals surface area contributed by atoms with Crippen molar-refractivity contribution in [3.05, 3.63) is 28.8 Å². The molecule has 0 aromatic heterocycles. The summed E-state index contributed by atoms with van der Waals surface area (Å²) < 4.78 is 38.0. The molecule has 5 nitrogen and oxygen atoms in total. The molecule has 0 bridgehead atoms. The summed E-state index contributed by atoms with van der Waals surface area (Å²) in [6.07, 6.45) is -0.775. The molecule has 0 spiro atoms. The van der Waals surface area contributed by atoms with E-state index in [1.807, 2.05) is 0 Å². The first-order valence-electron chi connectivity index (χ1n) is 4.12. The number of hydrogen-bond acceptors (Lipinski definition) is 4. The number of aryl methyl sites for hydroxylation is 1. The predicted molar refractivity (Wildman–Crippen MR) is 59.2 cm³/mol. The molecule has 16 heavy (non-hydrogen) atoms. The third-order valence-corrected chi connectivity index (χ3v) is 4.15. The molecule has 1 aromatic carbocycles. The zero-order valence-electron chi connectivity index (χ0n) is 8.25. The first kappa shape index (κ1) is 13.5. The Balaban J connectivity index is 3.12. The van der Waals surface area contributed by atoms with Crippen molar-refractivity contribution in [2.75, 3.05) is 6.35 Å². The van der Waals surface area contributed by atoms with E-state index in [1.165, 1.54) is 6.07 Å². The van der Waals surface area contributed by atoms with Crippen molar-refractivity contribution in [1.29, 1.82) is 0 Å². The maximum Gasteiger partial charge on any atom is 0.535 e. The highest BCUT2D eigenvalue weighted by molar-refractivity contribution is 7.87. The second-order valence-corrected chi connectivity index (χ2v) is 5.86. The Labute approximate surface area is 99.0 Å².